The maximum absolute atomic E-state index is 11.4. The first-order valence-corrected chi connectivity index (χ1v) is 6.43. The van der Waals surface area contributed by atoms with E-state index in [0.29, 0.717) is 16.5 Å². The minimum absolute atomic E-state index is 0.302. The van der Waals surface area contributed by atoms with Crippen molar-refractivity contribution in [2.75, 3.05) is 12.4 Å². The summed E-state index contributed by atoms with van der Waals surface area (Å²) in [5, 5.41) is 3.28. The van der Waals surface area contributed by atoms with Gasteiger partial charge in [-0.3, -0.25) is 0 Å². The Hall–Kier alpha value is -0.690. The number of anilines is 1. The number of carbonyl (C=O) groups excluding carboxylic acids is 1. The van der Waals surface area contributed by atoms with Crippen molar-refractivity contribution in [2.45, 2.75) is 0 Å². The Kier molecular flexibility index (Phi) is 2.69. The average molecular weight is 325 g/mol. The number of esters is 1. The second-order valence-corrected chi connectivity index (χ2v) is 5.22. The van der Waals surface area contributed by atoms with Crippen molar-refractivity contribution in [3.05, 3.63) is 20.4 Å². The molecule has 0 unspecified atom stereocenters. The quantitative estimate of drug-likeness (QED) is 0.487. The molecule has 0 fully saturated rings. The lowest BCUT2D eigenvalue weighted by Crippen LogP contribution is -2.06. The molecule has 1 aromatic rings. The summed E-state index contributed by atoms with van der Waals surface area (Å²) in [4.78, 5) is 15.5. The first kappa shape index (κ1) is 9.85. The van der Waals surface area contributed by atoms with Crippen LogP contribution < -0.4 is 5.32 Å². The highest BCUT2D eigenvalue weighted by atomic mass is 127. The van der Waals surface area contributed by atoms with Gasteiger partial charge in [-0.2, -0.15) is 0 Å². The van der Waals surface area contributed by atoms with Crippen LogP contribution in [0.15, 0.2) is 6.07 Å². The van der Waals surface area contributed by atoms with E-state index in [9.17, 15) is 4.79 Å². The van der Waals surface area contributed by atoms with E-state index in [1.807, 2.05) is 4.14 Å². The summed E-state index contributed by atoms with van der Waals surface area (Å²) >= 11 is 5.46. The van der Waals surface area contributed by atoms with Crippen molar-refractivity contribution in [1.29, 1.82) is 0 Å². The van der Waals surface area contributed by atoms with Crippen LogP contribution >= 0.6 is 32.3 Å². The zero-order valence-electron chi connectivity index (χ0n) is 7.17. The van der Waals surface area contributed by atoms with Gasteiger partial charge in [-0.25, -0.2) is 9.78 Å². The normalized spacial score (nSPS) is 12.7. The molecule has 6 heteroatoms. The number of nitrogens with one attached hydrogen (secondary N) is 1. The number of pyridine rings is 1. The predicted octanol–water partition coefficient (Wildman–Crippen LogP) is 1.85. The van der Waals surface area contributed by atoms with E-state index >= 15 is 0 Å². The maximum atomic E-state index is 11.4. The van der Waals surface area contributed by atoms with Gasteiger partial charge in [0.05, 0.1) is 16.2 Å². The lowest BCUT2D eigenvalue weighted by molar-refractivity contribution is 0.0599. The highest BCUT2D eigenvalue weighted by Gasteiger charge is 2.19. The molecule has 0 amide bonds. The Morgan fingerprint density at radius 2 is 2.50 bits per heavy atom. The summed E-state index contributed by atoms with van der Waals surface area (Å²) in [6, 6.07) is 1.55. The fraction of sp³-hybridized carbons (Fsp3) is 0.125. The fourth-order valence-electron chi connectivity index (χ4n) is 1.10. The van der Waals surface area contributed by atoms with Gasteiger partial charge in [-0.1, -0.05) is 32.3 Å². The van der Waals surface area contributed by atoms with E-state index in [1.54, 1.807) is 6.07 Å². The third-order valence-electron chi connectivity index (χ3n) is 1.69. The minimum atomic E-state index is -0.359. The molecule has 1 N–H and O–H groups in total. The summed E-state index contributed by atoms with van der Waals surface area (Å²) in [7, 11) is 1.35. The van der Waals surface area contributed by atoms with Gasteiger partial charge in [-0.15, -0.1) is 0 Å². The molecule has 1 aromatic heterocycles. The molecule has 0 saturated heterocycles. The number of aromatic nitrogens is 1. The Morgan fingerprint density at radius 3 is 3.21 bits per heavy atom. The van der Waals surface area contributed by atoms with Crippen LogP contribution in [0, 0.1) is 3.57 Å². The van der Waals surface area contributed by atoms with Gasteiger partial charge in [0.2, 0.25) is 0 Å². The van der Waals surface area contributed by atoms with Crippen LogP contribution in [-0.4, -0.2) is 22.2 Å². The smallest absolute Gasteiger partial charge is 0.339 e. The van der Waals surface area contributed by atoms with Crippen molar-refractivity contribution in [3.63, 3.8) is 0 Å². The summed E-state index contributed by atoms with van der Waals surface area (Å²) in [6.07, 6.45) is 0. The van der Waals surface area contributed by atoms with E-state index in [0.717, 1.165) is 3.57 Å². The van der Waals surface area contributed by atoms with Gasteiger partial charge in [-0.05, 0) is 6.07 Å². The zero-order valence-corrected chi connectivity index (χ0v) is 10.1. The Bertz CT molecular complexity index is 434. The number of methoxy groups -OCH3 is 1. The van der Waals surface area contributed by atoms with E-state index in [4.69, 9.17) is 11.6 Å². The standard InChI is InChI=1S/C8H6ClIN2O2/c1-14-8(13)4-2-5(9)12-7-6(4)10-3-11-7/h2-3H,1H3,(H,11,12). The highest BCUT2D eigenvalue weighted by Crippen LogP contribution is 2.30. The van der Waals surface area contributed by atoms with Crippen molar-refractivity contribution >= 4 is 48.3 Å². The monoisotopic (exact) mass is 324 g/mol. The van der Waals surface area contributed by atoms with Gasteiger partial charge in [0, 0.05) is 4.14 Å². The molecule has 14 heavy (non-hydrogen) atoms. The van der Waals surface area contributed by atoms with Crippen LogP contribution in [0.3, 0.4) is 0 Å². The number of ether oxygens (including phenoxy) is 1. The molecule has 74 valence electrons. The third-order valence-corrected chi connectivity index (χ3v) is 4.22. The van der Waals surface area contributed by atoms with E-state index in [-0.39, 0.29) is 26.7 Å². The lowest BCUT2D eigenvalue weighted by atomic mass is 10.2. The van der Waals surface area contributed by atoms with Crippen molar-refractivity contribution in [1.82, 2.24) is 4.98 Å². The highest BCUT2D eigenvalue weighted by molar-refractivity contribution is 14.2. The van der Waals surface area contributed by atoms with Gasteiger partial charge >= 0.3 is 5.97 Å². The topological polar surface area (TPSA) is 51.2 Å². The van der Waals surface area contributed by atoms with Crippen LogP contribution in [0.25, 0.3) is 0 Å². The summed E-state index contributed by atoms with van der Waals surface area (Å²) in [5.41, 5.74) is 0.525. The maximum Gasteiger partial charge on any atom is 0.339 e. The van der Waals surface area contributed by atoms with E-state index in [2.05, 4.69) is 15.0 Å². The van der Waals surface area contributed by atoms with Crippen molar-refractivity contribution in [3.8, 4) is 0 Å². The van der Waals surface area contributed by atoms with Gasteiger partial charge in [0.1, 0.15) is 11.0 Å². The largest absolute Gasteiger partial charge is 0.465 e. The number of rotatable bonds is 1. The molecule has 0 aromatic carbocycles. The van der Waals surface area contributed by atoms with E-state index < -0.39 is 0 Å². The van der Waals surface area contributed by atoms with Gasteiger partial charge in [0.25, 0.3) is 0 Å². The molecular weight excluding hydrogens is 318 g/mol. The predicted molar refractivity (Wildman–Crippen MR) is 63.0 cm³/mol. The first-order chi connectivity index (χ1) is 6.72. The number of hydrogen-bond acceptors (Lipinski definition) is 4. The second kappa shape index (κ2) is 3.82. The zero-order chi connectivity index (χ0) is 10.1. The molecule has 0 spiro atoms. The van der Waals surface area contributed by atoms with Crippen LogP contribution in [0.4, 0.5) is 5.82 Å². The Morgan fingerprint density at radius 1 is 1.71 bits per heavy atom. The van der Waals surface area contributed by atoms with E-state index in [1.165, 1.54) is 7.11 Å². The number of carbonyl (C=O) groups is 1. The first-order valence-electron chi connectivity index (χ1n) is 3.73. The van der Waals surface area contributed by atoms with Crippen molar-refractivity contribution in [2.24, 2.45) is 0 Å². The molecule has 2 heterocycles. The van der Waals surface area contributed by atoms with Crippen LogP contribution in [0.5, 0.6) is 0 Å². The fourth-order valence-corrected chi connectivity index (χ4v) is 3.33. The minimum Gasteiger partial charge on any atom is -0.465 e. The third kappa shape index (κ3) is 1.61. The van der Waals surface area contributed by atoms with Crippen LogP contribution in [0.2, 0.25) is 5.15 Å². The molecule has 0 atom stereocenters. The molecule has 2 rings (SSSR count). The summed E-state index contributed by atoms with van der Waals surface area (Å²) in [6.45, 7) is 0. The number of nitrogens with zero attached hydrogens (tertiary/aromatic N) is 1. The molecule has 1 aliphatic rings. The molecule has 1 aliphatic heterocycles. The molecule has 0 aliphatic carbocycles. The number of hydrogen-bond donors (Lipinski definition) is 1. The van der Waals surface area contributed by atoms with Gasteiger partial charge in [0.15, 0.2) is 0 Å². The Balaban J connectivity index is 2.58. The molecule has 0 bridgehead atoms. The van der Waals surface area contributed by atoms with Crippen LogP contribution in [0.1, 0.15) is 10.4 Å². The van der Waals surface area contributed by atoms with Crippen LogP contribution in [-0.2, 0) is 4.74 Å². The van der Waals surface area contributed by atoms with Crippen molar-refractivity contribution < 1.29 is 9.53 Å². The van der Waals surface area contributed by atoms with Gasteiger partial charge < -0.3 is 10.1 Å². The molecule has 0 radical (unpaired) electrons. The average Bonchev–Trinajstić information content (AvgIpc) is 2.62. The SMILES string of the molecule is COC(=O)c1cc(Cl)nc2c1I=CN2. The molecule has 4 nitrogen and oxygen atoms in total. The number of halogens is 2. The summed E-state index contributed by atoms with van der Waals surface area (Å²) < 4.78 is 7.54. The Labute approximate surface area is 95.4 Å². The molecular formula is C8H6ClIN2O2. The lowest BCUT2D eigenvalue weighted by Gasteiger charge is -2.04. The molecule has 0 saturated carbocycles. The summed E-state index contributed by atoms with van der Waals surface area (Å²) in [5.74, 6) is 0.327. The second-order valence-electron chi connectivity index (χ2n) is 2.51. The number of fused-ring (bicyclic) bond motifs is 1.